The predicted octanol–water partition coefficient (Wildman–Crippen LogP) is 1.31. The van der Waals surface area contributed by atoms with Crippen LogP contribution in [-0.4, -0.2) is 39.9 Å². The first-order chi connectivity index (χ1) is 10.3. The zero-order chi connectivity index (χ0) is 17.6. The summed E-state index contributed by atoms with van der Waals surface area (Å²) < 4.78 is 17.0. The molecule has 1 fully saturated rings. The average Bonchev–Trinajstić information content (AvgIpc) is 2.56. The number of anilines is 1. The van der Waals surface area contributed by atoms with Crippen molar-refractivity contribution < 1.29 is 18.8 Å². The normalized spacial score (nSPS) is 19.7. The number of carbonyl (C=O) groups excluding carboxylic acids is 1. The van der Waals surface area contributed by atoms with Crippen molar-refractivity contribution in [3.63, 3.8) is 0 Å². The quantitative estimate of drug-likeness (QED) is 0.648. The Labute approximate surface area is 137 Å². The van der Waals surface area contributed by atoms with E-state index in [9.17, 15) is 4.79 Å². The molecule has 2 N–H and O–H groups in total. The highest BCUT2D eigenvalue weighted by Crippen LogP contribution is 2.36. The van der Waals surface area contributed by atoms with Crippen molar-refractivity contribution in [2.24, 2.45) is 0 Å². The Morgan fingerprint density at radius 3 is 2.17 bits per heavy atom. The second-order valence-electron chi connectivity index (χ2n) is 7.62. The van der Waals surface area contributed by atoms with E-state index in [0.717, 1.165) is 0 Å². The minimum Gasteiger partial charge on any atom is -0.455 e. The largest absolute Gasteiger partial charge is 0.516 e. The highest BCUT2D eigenvalue weighted by molar-refractivity contribution is 6.61. The molecule has 1 saturated heterocycles. The monoisotopic (exact) mass is 321 g/mol. The summed E-state index contributed by atoms with van der Waals surface area (Å²) >= 11 is 0. The van der Waals surface area contributed by atoms with Gasteiger partial charge < -0.3 is 19.8 Å². The third-order valence-corrected chi connectivity index (χ3v) is 3.91. The maximum Gasteiger partial charge on any atom is 0.516 e. The van der Waals surface area contributed by atoms with Crippen LogP contribution >= 0.6 is 0 Å². The van der Waals surface area contributed by atoms with Gasteiger partial charge in [-0.25, -0.2) is 14.8 Å². The minimum absolute atomic E-state index is 0.00791. The standard InChI is InChI=1S/C15H24BN3O4/c1-13(2,3)21-12(20)10-11(17)19-9(8-18-10)16-22-14(4,5)15(6,7)23-16/h8H,1-7H3,(H2,17,19). The predicted molar refractivity (Wildman–Crippen MR) is 87.3 cm³/mol. The number of hydrogen-bond donors (Lipinski definition) is 1. The van der Waals surface area contributed by atoms with Gasteiger partial charge in [0, 0.05) is 6.20 Å². The molecule has 1 aromatic rings. The highest BCUT2D eigenvalue weighted by atomic mass is 16.7. The molecule has 0 amide bonds. The number of aromatic nitrogens is 2. The molecule has 7 nitrogen and oxygen atoms in total. The molecule has 2 rings (SSSR count). The molecule has 23 heavy (non-hydrogen) atoms. The van der Waals surface area contributed by atoms with Gasteiger partial charge in [0.25, 0.3) is 0 Å². The Balaban J connectivity index is 2.23. The molecule has 0 saturated carbocycles. The van der Waals surface area contributed by atoms with Crippen LogP contribution in [0.1, 0.15) is 59.0 Å². The first kappa shape index (κ1) is 17.7. The molecule has 8 heteroatoms. The van der Waals surface area contributed by atoms with E-state index in [1.165, 1.54) is 6.20 Å². The third-order valence-electron chi connectivity index (χ3n) is 3.91. The Kier molecular flexibility index (Phi) is 4.19. The average molecular weight is 321 g/mol. The molecule has 1 aromatic heterocycles. The van der Waals surface area contributed by atoms with Gasteiger partial charge in [0.05, 0.1) is 16.8 Å². The van der Waals surface area contributed by atoms with Crippen LogP contribution in [0.4, 0.5) is 5.82 Å². The number of nitrogens with zero attached hydrogens (tertiary/aromatic N) is 2. The topological polar surface area (TPSA) is 96.6 Å². The van der Waals surface area contributed by atoms with Gasteiger partial charge in [-0.05, 0) is 48.5 Å². The fourth-order valence-corrected chi connectivity index (χ4v) is 1.98. The van der Waals surface area contributed by atoms with E-state index in [0.29, 0.717) is 5.59 Å². The molecule has 0 spiro atoms. The van der Waals surface area contributed by atoms with Crippen LogP contribution in [-0.2, 0) is 14.0 Å². The van der Waals surface area contributed by atoms with Crippen LogP contribution in [0, 0.1) is 0 Å². The molecule has 0 atom stereocenters. The first-order valence-corrected chi connectivity index (χ1v) is 7.54. The van der Waals surface area contributed by atoms with Crippen molar-refractivity contribution in [3.05, 3.63) is 11.9 Å². The van der Waals surface area contributed by atoms with Crippen LogP contribution in [0.15, 0.2) is 6.20 Å². The van der Waals surface area contributed by atoms with E-state index < -0.39 is 29.9 Å². The number of esters is 1. The molecule has 0 unspecified atom stereocenters. The smallest absolute Gasteiger partial charge is 0.455 e. The van der Waals surface area contributed by atoms with Crippen molar-refractivity contribution in [2.45, 2.75) is 65.3 Å². The second-order valence-corrected chi connectivity index (χ2v) is 7.62. The van der Waals surface area contributed by atoms with E-state index in [-0.39, 0.29) is 11.5 Å². The summed E-state index contributed by atoms with van der Waals surface area (Å²) in [4.78, 5) is 20.3. The highest BCUT2D eigenvalue weighted by Gasteiger charge is 2.52. The fraction of sp³-hybridized carbons (Fsp3) is 0.667. The molecule has 1 aliphatic heterocycles. The molecule has 0 bridgehead atoms. The molecule has 0 aliphatic carbocycles. The molecule has 1 aliphatic rings. The van der Waals surface area contributed by atoms with Crippen molar-refractivity contribution in [2.75, 3.05) is 5.73 Å². The van der Waals surface area contributed by atoms with Gasteiger partial charge in [-0.3, -0.25) is 0 Å². The molecule has 0 aromatic carbocycles. The van der Waals surface area contributed by atoms with Gasteiger partial charge in [-0.1, -0.05) is 0 Å². The Bertz CT molecular complexity index is 610. The summed E-state index contributed by atoms with van der Waals surface area (Å²) in [6.45, 7) is 13.1. The van der Waals surface area contributed by atoms with Gasteiger partial charge >= 0.3 is 13.1 Å². The minimum atomic E-state index is -0.678. The fourth-order valence-electron chi connectivity index (χ4n) is 1.98. The zero-order valence-electron chi connectivity index (χ0n) is 14.8. The van der Waals surface area contributed by atoms with Crippen molar-refractivity contribution in [1.29, 1.82) is 0 Å². The summed E-state index contributed by atoms with van der Waals surface area (Å²) in [6, 6.07) is 0. The lowest BCUT2D eigenvalue weighted by atomic mass is 9.85. The Hall–Kier alpha value is -1.67. The van der Waals surface area contributed by atoms with Crippen molar-refractivity contribution in [3.8, 4) is 0 Å². The SMILES string of the molecule is CC(C)(C)OC(=O)c1ncc(B2OC(C)(C)C(C)(C)O2)nc1N. The number of rotatable bonds is 2. The summed E-state index contributed by atoms with van der Waals surface area (Å²) in [7, 11) is -0.678. The van der Waals surface area contributed by atoms with Gasteiger partial charge in [-0.2, -0.15) is 0 Å². The Morgan fingerprint density at radius 1 is 1.22 bits per heavy atom. The number of nitrogens with two attached hydrogens (primary N) is 1. The number of ether oxygens (including phenoxy) is 1. The zero-order valence-corrected chi connectivity index (χ0v) is 14.8. The van der Waals surface area contributed by atoms with E-state index >= 15 is 0 Å². The number of hydrogen-bond acceptors (Lipinski definition) is 7. The molecular formula is C15H24BN3O4. The lowest BCUT2D eigenvalue weighted by Gasteiger charge is -2.32. The molecule has 0 radical (unpaired) electrons. The van der Waals surface area contributed by atoms with E-state index in [2.05, 4.69) is 9.97 Å². The summed E-state index contributed by atoms with van der Waals surface area (Å²) in [5.74, 6) is -0.616. The number of carbonyl (C=O) groups is 1. The van der Waals surface area contributed by atoms with Crippen LogP contribution < -0.4 is 11.3 Å². The van der Waals surface area contributed by atoms with E-state index in [1.807, 2.05) is 27.7 Å². The summed E-state index contributed by atoms with van der Waals surface area (Å²) in [5.41, 5.74) is 4.66. The summed E-state index contributed by atoms with van der Waals surface area (Å²) in [5, 5.41) is 0. The van der Waals surface area contributed by atoms with E-state index in [4.69, 9.17) is 19.8 Å². The van der Waals surface area contributed by atoms with Gasteiger partial charge in [-0.15, -0.1) is 0 Å². The Morgan fingerprint density at radius 2 is 1.74 bits per heavy atom. The lowest BCUT2D eigenvalue weighted by Crippen LogP contribution is -2.41. The third kappa shape index (κ3) is 3.64. The van der Waals surface area contributed by atoms with E-state index in [1.54, 1.807) is 20.8 Å². The lowest BCUT2D eigenvalue weighted by molar-refractivity contribution is 0.00578. The van der Waals surface area contributed by atoms with Crippen LogP contribution in [0.2, 0.25) is 0 Å². The maximum atomic E-state index is 12.1. The first-order valence-electron chi connectivity index (χ1n) is 7.54. The van der Waals surface area contributed by atoms with Crippen LogP contribution in [0.5, 0.6) is 0 Å². The number of nitrogen functional groups attached to an aromatic ring is 1. The van der Waals surface area contributed by atoms with Crippen LogP contribution in [0.25, 0.3) is 0 Å². The van der Waals surface area contributed by atoms with Gasteiger partial charge in [0.1, 0.15) is 5.60 Å². The van der Waals surface area contributed by atoms with Crippen LogP contribution in [0.3, 0.4) is 0 Å². The molecule has 2 heterocycles. The molecular weight excluding hydrogens is 297 g/mol. The molecule has 126 valence electrons. The maximum absolute atomic E-state index is 12.1. The van der Waals surface area contributed by atoms with Gasteiger partial charge in [0.15, 0.2) is 11.5 Å². The van der Waals surface area contributed by atoms with Crippen molar-refractivity contribution in [1.82, 2.24) is 9.97 Å². The van der Waals surface area contributed by atoms with Crippen molar-refractivity contribution >= 4 is 24.5 Å². The second kappa shape index (κ2) is 5.45. The van der Waals surface area contributed by atoms with Gasteiger partial charge in [0.2, 0.25) is 0 Å². The summed E-state index contributed by atoms with van der Waals surface area (Å²) in [6.07, 6.45) is 1.43.